The maximum atomic E-state index is 16.3. The van der Waals surface area contributed by atoms with Crippen molar-refractivity contribution in [1.29, 1.82) is 0 Å². The number of allylic oxidation sites excluding steroid dienone is 1. The molecule has 1 unspecified atom stereocenters. The number of imidazole rings is 1. The van der Waals surface area contributed by atoms with Crippen molar-refractivity contribution >= 4 is 77.3 Å². The average molecular weight is 1420 g/mol. The Morgan fingerprint density at radius 3 is 1.92 bits per heavy atom. The minimum absolute atomic E-state index is 0.0464. The number of aryl methyl sites for hydroxylation is 4. The minimum Gasteiger partial charge on any atom is -0.438 e. The number of fused-ring (bicyclic) bond motifs is 1. The second-order valence-corrected chi connectivity index (χ2v) is 30.1. The van der Waals surface area contributed by atoms with Crippen molar-refractivity contribution < 1.29 is 84.4 Å². The van der Waals surface area contributed by atoms with E-state index >= 15 is 8.78 Å². The molecule has 0 bridgehead atoms. The molecule has 1 aromatic heterocycles. The molecule has 4 aromatic carbocycles. The average Bonchev–Trinajstić information content (AvgIpc) is 1.65. The van der Waals surface area contributed by atoms with E-state index in [0.717, 1.165) is 96.8 Å². The molecule has 6 amide bonds. The molecule has 1 saturated heterocycles. The van der Waals surface area contributed by atoms with Crippen LogP contribution in [0, 0.1) is 10.8 Å². The molecule has 8 rings (SSSR count). The number of benzene rings is 4. The van der Waals surface area contributed by atoms with Gasteiger partial charge in [-0.15, -0.1) is 0 Å². The topological polar surface area (TPSA) is 311 Å². The Labute approximate surface area is 587 Å². The lowest BCUT2D eigenvalue weighted by Gasteiger charge is -2.31. The highest BCUT2D eigenvalue weighted by molar-refractivity contribution is 7.54. The number of aromatic nitrogens is 2. The molecule has 101 heavy (non-hydrogen) atoms. The third-order valence-electron chi connectivity index (χ3n) is 18.1. The summed E-state index contributed by atoms with van der Waals surface area (Å²) in [4.78, 5) is 119. The molecule has 1 fully saturated rings. The molecule has 3 aliphatic rings. The molecule has 5 aromatic rings. The number of piperidine rings is 1. The zero-order chi connectivity index (χ0) is 73.4. The van der Waals surface area contributed by atoms with Gasteiger partial charge in [0.25, 0.3) is 0 Å². The van der Waals surface area contributed by atoms with Gasteiger partial charge in [0.05, 0.1) is 46.3 Å². The quantitative estimate of drug-likeness (QED) is 0.00723. The summed E-state index contributed by atoms with van der Waals surface area (Å²) in [6.07, 6.45) is 9.25. The largest absolute Gasteiger partial charge is 0.438 e. The Morgan fingerprint density at radius 2 is 1.32 bits per heavy atom. The highest BCUT2D eigenvalue weighted by atomic mass is 31.2. The number of anilines is 1. The van der Waals surface area contributed by atoms with E-state index in [-0.39, 0.29) is 50.3 Å². The molecular formula is C74H96F2N7O17P. The van der Waals surface area contributed by atoms with Crippen LogP contribution >= 0.6 is 7.60 Å². The molecule has 3 aliphatic heterocycles. The van der Waals surface area contributed by atoms with Crippen molar-refractivity contribution in [3.05, 3.63) is 140 Å². The smallest absolute Gasteiger partial charge is 0.410 e. The number of rotatable bonds is 36. The molecular weight excluding hydrogens is 1330 g/mol. The Morgan fingerprint density at radius 1 is 0.733 bits per heavy atom. The number of hydrogen-bond donors (Lipinski definition) is 4. The number of esters is 2. The molecule has 0 aliphatic carbocycles. The summed E-state index contributed by atoms with van der Waals surface area (Å²) in [5.41, 5.74) is 5.30. The standard InChI is InChI=1S/C74H96F2N7O17P/c1-47(52-26-29-55(30-27-52)74(75,76)101(93,99-45-97-69(90)72(3,4)5)100-46-98-70(91)73(6,7)8)41-64(86)78-57-31-28-53-19-14-20-54-43-61(83(65(53)54)68(57)89)67(88)79-56(32-35-62(77)84)48(2)96-44-51-23-21-49(22-24-51)17-15-39-94-37-12-10-11-13-38-95-40-16-18-50-25-33-58-60(42-50)81(9)71(92)82(58)59-34-36-63(85)80-66(59)87/h14,19-27,29-30,33,41-42,48,56-57,59,61H,10-13,15-18,28,31-32,34-40,43-46H2,1-9H3,(H2,77,84)(H,78,86)(H,79,88)(H,80,85,87)/b47-41+/t48-,56+,57+,59?,61+/m1/s1. The maximum absolute atomic E-state index is 16.3. The van der Waals surface area contributed by atoms with Crippen LogP contribution in [0.5, 0.6) is 0 Å². The lowest BCUT2D eigenvalue weighted by molar-refractivity contribution is -0.163. The SMILES string of the molecule is C/C(=C\C(=O)N[C@H]1CCc2cccc3c2N(C1=O)[C@H](C(=O)N[C@@H](CCC(N)=O)[C@@H](C)OCc1ccc(CCCOCCCCCCOCCCc2ccc4c(c2)n(C)c(=O)n4C2CCC(=O)NC2=O)cc1)C3)c1ccc(C(F)(F)P(=O)(OCOC(=O)C(C)(C)C)OCOC(=O)C(C)(C)C)cc1. The van der Waals surface area contributed by atoms with Gasteiger partial charge in [0.1, 0.15) is 18.1 Å². The summed E-state index contributed by atoms with van der Waals surface area (Å²) in [6.45, 7) is 12.9. The summed E-state index contributed by atoms with van der Waals surface area (Å²) < 4.78 is 87.5. The van der Waals surface area contributed by atoms with Crippen molar-refractivity contribution in [2.24, 2.45) is 23.6 Å². The molecule has 5 N–H and O–H groups in total. The van der Waals surface area contributed by atoms with Crippen molar-refractivity contribution in [3.8, 4) is 0 Å². The molecule has 0 radical (unpaired) electrons. The van der Waals surface area contributed by atoms with Gasteiger partial charge in [0, 0.05) is 64.4 Å². The Bertz CT molecular complexity index is 3900. The van der Waals surface area contributed by atoms with Gasteiger partial charge in [-0.25, -0.2) is 4.79 Å². The van der Waals surface area contributed by atoms with Gasteiger partial charge >= 0.3 is 30.9 Å². The van der Waals surface area contributed by atoms with Crippen molar-refractivity contribution in [2.45, 2.75) is 194 Å². The van der Waals surface area contributed by atoms with Crippen molar-refractivity contribution in [1.82, 2.24) is 25.1 Å². The zero-order valence-electron chi connectivity index (χ0n) is 59.2. The number of nitrogens with one attached hydrogen (secondary N) is 3. The Kier molecular flexibility index (Phi) is 27.3. The lowest BCUT2D eigenvalue weighted by atomic mass is 9.98. The van der Waals surface area contributed by atoms with E-state index in [1.165, 1.54) is 69.2 Å². The van der Waals surface area contributed by atoms with Gasteiger partial charge in [-0.2, -0.15) is 8.78 Å². The Hall–Kier alpha value is -8.26. The van der Waals surface area contributed by atoms with Crippen LogP contribution in [-0.2, 0) is 121 Å². The number of alkyl halides is 2. The Balaban J connectivity index is 0.757. The maximum Gasteiger partial charge on any atom is 0.410 e. The third-order valence-corrected chi connectivity index (χ3v) is 19.9. The number of nitrogens with zero attached hydrogens (tertiary/aromatic N) is 3. The molecule has 5 atom stereocenters. The van der Waals surface area contributed by atoms with E-state index in [2.05, 4.69) is 16.0 Å². The first-order chi connectivity index (χ1) is 47.9. The normalized spacial score (nSPS) is 17.3. The second kappa shape index (κ2) is 35.1. The van der Waals surface area contributed by atoms with E-state index in [4.69, 9.17) is 38.5 Å². The number of nitrogens with two attached hydrogens (primary N) is 1. The summed E-state index contributed by atoms with van der Waals surface area (Å²) in [7, 11) is -3.91. The van der Waals surface area contributed by atoms with Crippen molar-refractivity contribution in [2.75, 3.05) is 44.9 Å². The van der Waals surface area contributed by atoms with Gasteiger partial charge in [0.15, 0.2) is 0 Å². The van der Waals surface area contributed by atoms with Crippen LogP contribution in [0.15, 0.2) is 95.8 Å². The highest BCUT2D eigenvalue weighted by Gasteiger charge is 2.56. The number of primary amides is 1. The van der Waals surface area contributed by atoms with Crippen LogP contribution in [-0.4, -0.2) is 121 Å². The molecule has 4 heterocycles. The van der Waals surface area contributed by atoms with Crippen LogP contribution < -0.4 is 32.3 Å². The van der Waals surface area contributed by atoms with Crippen LogP contribution in [0.2, 0.25) is 0 Å². The van der Waals surface area contributed by atoms with E-state index in [0.29, 0.717) is 61.6 Å². The van der Waals surface area contributed by atoms with Gasteiger partial charge in [-0.3, -0.25) is 71.3 Å². The molecule has 27 heteroatoms. The van der Waals surface area contributed by atoms with Crippen molar-refractivity contribution in [3.63, 3.8) is 0 Å². The lowest BCUT2D eigenvalue weighted by Crippen LogP contribution is -2.56. The van der Waals surface area contributed by atoms with Crippen LogP contribution in [0.25, 0.3) is 16.6 Å². The molecule has 0 spiro atoms. The summed E-state index contributed by atoms with van der Waals surface area (Å²) in [5.74, 6) is -4.70. The summed E-state index contributed by atoms with van der Waals surface area (Å²) in [5, 5.41) is 8.21. The van der Waals surface area contributed by atoms with Crippen LogP contribution in [0.1, 0.15) is 171 Å². The second-order valence-electron chi connectivity index (χ2n) is 28.1. The van der Waals surface area contributed by atoms with Gasteiger partial charge in [-0.1, -0.05) is 85.6 Å². The summed E-state index contributed by atoms with van der Waals surface area (Å²) >= 11 is 0. The number of carbonyl (C=O) groups is 8. The minimum atomic E-state index is -5.60. The number of halogens is 2. The van der Waals surface area contributed by atoms with E-state index < -0.39 is 115 Å². The summed E-state index contributed by atoms with van der Waals surface area (Å²) in [6, 6.07) is 20.3. The first-order valence-electron chi connectivity index (χ1n) is 34.5. The van der Waals surface area contributed by atoms with E-state index in [1.807, 2.05) is 60.7 Å². The molecule has 0 saturated carbocycles. The number of ether oxygens (including phenoxy) is 5. The zero-order valence-corrected chi connectivity index (χ0v) is 60.1. The van der Waals surface area contributed by atoms with Crippen LogP contribution in [0.4, 0.5) is 14.5 Å². The van der Waals surface area contributed by atoms with Crippen LogP contribution in [0.3, 0.4) is 0 Å². The fourth-order valence-electron chi connectivity index (χ4n) is 12.2. The number of amides is 6. The molecule has 548 valence electrons. The number of para-hydroxylation sites is 1. The molecule has 24 nitrogen and oxygen atoms in total. The number of imide groups is 1. The fourth-order valence-corrected chi connectivity index (χ4v) is 13.4. The highest BCUT2D eigenvalue weighted by Crippen LogP contribution is 2.67. The van der Waals surface area contributed by atoms with E-state index in [1.54, 1.807) is 25.5 Å². The first-order valence-corrected chi connectivity index (χ1v) is 36.0. The van der Waals surface area contributed by atoms with Gasteiger partial charge in [0.2, 0.25) is 49.0 Å². The predicted molar refractivity (Wildman–Crippen MR) is 373 cm³/mol. The van der Waals surface area contributed by atoms with Gasteiger partial charge in [-0.05, 0) is 171 Å². The van der Waals surface area contributed by atoms with E-state index in [9.17, 15) is 47.7 Å². The predicted octanol–water partition coefficient (Wildman–Crippen LogP) is 9.99. The van der Waals surface area contributed by atoms with Gasteiger partial charge < -0.3 is 40.1 Å². The fraction of sp³-hybridized carbons (Fsp3) is 0.527. The number of unbranched alkanes of at least 4 members (excludes halogenated alkanes) is 3. The number of hydrogen-bond acceptors (Lipinski definition) is 17. The third kappa shape index (κ3) is 20.7. The monoisotopic (exact) mass is 1420 g/mol. The first kappa shape index (κ1) is 78.5. The number of carbonyl (C=O) groups excluding carboxylic acids is 8.